The van der Waals surface area contributed by atoms with Gasteiger partial charge < -0.3 is 14.6 Å². The first-order valence-corrected chi connectivity index (χ1v) is 11.0. The van der Waals surface area contributed by atoms with Crippen LogP contribution >= 0.6 is 11.3 Å². The maximum absolute atomic E-state index is 12.6. The lowest BCUT2D eigenvalue weighted by Gasteiger charge is -2.15. The van der Waals surface area contributed by atoms with Crippen molar-refractivity contribution >= 4 is 39.2 Å². The molecule has 1 aromatic carbocycles. The van der Waals surface area contributed by atoms with Crippen molar-refractivity contribution in [1.82, 2.24) is 9.55 Å². The molecule has 0 spiro atoms. The third-order valence-corrected chi connectivity index (χ3v) is 5.93. The number of ether oxygens (including phenoxy) is 1. The maximum Gasteiger partial charge on any atom is 0.350 e. The van der Waals surface area contributed by atoms with Gasteiger partial charge in [-0.3, -0.25) is 9.59 Å². The molecule has 0 aliphatic heterocycles. The van der Waals surface area contributed by atoms with Crippen LogP contribution in [0.5, 0.6) is 0 Å². The Labute approximate surface area is 185 Å². The third kappa shape index (κ3) is 5.02. The van der Waals surface area contributed by atoms with Gasteiger partial charge in [-0.25, -0.2) is 9.78 Å². The Hall–Kier alpha value is -3.00. The average molecular weight is 442 g/mol. The number of esters is 1. The van der Waals surface area contributed by atoms with Crippen molar-refractivity contribution in [2.45, 2.75) is 60.6 Å². The summed E-state index contributed by atoms with van der Waals surface area (Å²) in [5.41, 5.74) is 4.28. The number of benzene rings is 1. The number of carbonyl (C=O) groups excluding carboxylic acids is 2. The minimum atomic E-state index is -0.450. The summed E-state index contributed by atoms with van der Waals surface area (Å²) in [6.45, 7) is 11.4. The van der Waals surface area contributed by atoms with Gasteiger partial charge in [-0.15, -0.1) is 0 Å². The molecule has 1 amide bonds. The maximum atomic E-state index is 12.6. The van der Waals surface area contributed by atoms with E-state index < -0.39 is 5.97 Å². The van der Waals surface area contributed by atoms with Crippen LogP contribution in [0.2, 0.25) is 0 Å². The summed E-state index contributed by atoms with van der Waals surface area (Å²) in [5.74, 6) is -0.725. The number of nitrogens with zero attached hydrogens (tertiary/aromatic N) is 2. The van der Waals surface area contributed by atoms with Crippen LogP contribution in [0.25, 0.3) is 10.9 Å². The van der Waals surface area contributed by atoms with Crippen LogP contribution in [0.3, 0.4) is 0 Å². The highest BCUT2D eigenvalue weighted by Gasteiger charge is 2.19. The Balaban J connectivity index is 1.77. The van der Waals surface area contributed by atoms with Gasteiger partial charge in [0, 0.05) is 24.4 Å². The lowest BCUT2D eigenvalue weighted by Crippen LogP contribution is -2.24. The molecular weight excluding hydrogens is 414 g/mol. The van der Waals surface area contributed by atoms with Crippen LogP contribution in [0.15, 0.2) is 23.0 Å². The molecule has 8 heteroatoms. The van der Waals surface area contributed by atoms with Gasteiger partial charge >= 0.3 is 5.97 Å². The standard InChI is InChI=1S/C23H27N3O4S/c1-12(2)30-22(29)21-16(6)24-23(31-21)25-18(27)7-8-26-19(28)11-14(4)17-10-13(3)9-15(5)20(17)26/h9-12H,7-8H2,1-6H3,(H,24,25,27). The number of hydrogen-bond acceptors (Lipinski definition) is 6. The summed E-state index contributed by atoms with van der Waals surface area (Å²) in [4.78, 5) is 41.9. The van der Waals surface area contributed by atoms with E-state index in [-0.39, 0.29) is 30.5 Å². The molecule has 0 fully saturated rings. The van der Waals surface area contributed by atoms with Crippen LogP contribution in [-0.4, -0.2) is 27.5 Å². The minimum Gasteiger partial charge on any atom is -0.459 e. The minimum absolute atomic E-state index is 0.107. The zero-order valence-corrected chi connectivity index (χ0v) is 19.5. The predicted octanol–water partition coefficient (Wildman–Crippen LogP) is 4.29. The van der Waals surface area contributed by atoms with Crippen molar-refractivity contribution in [2.24, 2.45) is 0 Å². The number of pyridine rings is 1. The SMILES string of the molecule is Cc1cc(C)c2c(c1)c(C)cc(=O)n2CCC(=O)Nc1nc(C)c(C(=O)OC(C)C)s1. The fraction of sp³-hybridized carbons (Fsp3) is 0.391. The van der Waals surface area contributed by atoms with Gasteiger partial charge in [0.05, 0.1) is 17.3 Å². The monoisotopic (exact) mass is 441 g/mol. The fourth-order valence-corrected chi connectivity index (χ4v) is 4.46. The number of aryl methyl sites for hydroxylation is 5. The van der Waals surface area contributed by atoms with Crippen molar-refractivity contribution in [3.63, 3.8) is 0 Å². The third-order valence-electron chi connectivity index (χ3n) is 4.88. The molecular formula is C23H27N3O4S. The van der Waals surface area contributed by atoms with E-state index in [1.807, 2.05) is 26.8 Å². The van der Waals surface area contributed by atoms with Gasteiger partial charge in [0.15, 0.2) is 5.13 Å². The molecule has 0 aliphatic carbocycles. The molecule has 3 rings (SSSR count). The summed E-state index contributed by atoms with van der Waals surface area (Å²) >= 11 is 1.09. The number of carbonyl (C=O) groups is 2. The summed E-state index contributed by atoms with van der Waals surface area (Å²) in [6.07, 6.45) is -0.127. The molecule has 0 saturated heterocycles. The molecule has 1 N–H and O–H groups in total. The topological polar surface area (TPSA) is 90.3 Å². The molecule has 2 heterocycles. The molecule has 164 valence electrons. The molecule has 0 bridgehead atoms. The Morgan fingerprint density at radius 2 is 1.84 bits per heavy atom. The lowest BCUT2D eigenvalue weighted by molar-refractivity contribution is -0.116. The molecule has 7 nitrogen and oxygen atoms in total. The van der Waals surface area contributed by atoms with Crippen molar-refractivity contribution in [2.75, 3.05) is 5.32 Å². The highest BCUT2D eigenvalue weighted by molar-refractivity contribution is 7.17. The van der Waals surface area contributed by atoms with Gasteiger partial charge in [-0.1, -0.05) is 23.0 Å². The number of amides is 1. The predicted molar refractivity (Wildman–Crippen MR) is 123 cm³/mol. The second kappa shape index (κ2) is 9.01. The Morgan fingerprint density at radius 3 is 2.52 bits per heavy atom. The first-order valence-electron chi connectivity index (χ1n) is 10.2. The highest BCUT2D eigenvalue weighted by atomic mass is 32.1. The van der Waals surface area contributed by atoms with E-state index in [0.717, 1.165) is 38.9 Å². The van der Waals surface area contributed by atoms with E-state index in [4.69, 9.17) is 4.74 Å². The van der Waals surface area contributed by atoms with Crippen molar-refractivity contribution in [3.8, 4) is 0 Å². The van der Waals surface area contributed by atoms with E-state index in [9.17, 15) is 14.4 Å². The van der Waals surface area contributed by atoms with Gasteiger partial charge in [0.1, 0.15) is 4.88 Å². The number of thiazole rings is 1. The van der Waals surface area contributed by atoms with E-state index in [0.29, 0.717) is 15.7 Å². The zero-order chi connectivity index (χ0) is 22.9. The first kappa shape index (κ1) is 22.7. The molecule has 0 unspecified atom stereocenters. The molecule has 0 atom stereocenters. The van der Waals surface area contributed by atoms with Crippen LogP contribution in [-0.2, 0) is 16.1 Å². The van der Waals surface area contributed by atoms with Crippen molar-refractivity contribution in [3.05, 3.63) is 55.8 Å². The first-order chi connectivity index (χ1) is 14.6. The number of rotatable bonds is 6. The highest BCUT2D eigenvalue weighted by Crippen LogP contribution is 2.25. The van der Waals surface area contributed by atoms with E-state index in [1.54, 1.807) is 31.4 Å². The quantitative estimate of drug-likeness (QED) is 0.577. The van der Waals surface area contributed by atoms with Gasteiger partial charge in [-0.2, -0.15) is 0 Å². The Kier molecular flexibility index (Phi) is 6.59. The second-order valence-electron chi connectivity index (χ2n) is 7.98. The number of aromatic nitrogens is 2. The second-order valence-corrected chi connectivity index (χ2v) is 8.98. The van der Waals surface area contributed by atoms with Crippen LogP contribution in [0, 0.1) is 27.7 Å². The average Bonchev–Trinajstić information content (AvgIpc) is 3.01. The normalized spacial score (nSPS) is 11.2. The zero-order valence-electron chi connectivity index (χ0n) is 18.7. The van der Waals surface area contributed by atoms with Crippen molar-refractivity contribution in [1.29, 1.82) is 0 Å². The fourth-order valence-electron chi connectivity index (χ4n) is 3.59. The summed E-state index contributed by atoms with van der Waals surface area (Å²) in [5, 5.41) is 4.08. The summed E-state index contributed by atoms with van der Waals surface area (Å²) < 4.78 is 6.85. The molecule has 0 saturated carbocycles. The molecule has 0 aliphatic rings. The van der Waals surface area contributed by atoms with Gasteiger partial charge in [0.25, 0.3) is 5.56 Å². The Bertz CT molecular complexity index is 1220. The van der Waals surface area contributed by atoms with Crippen molar-refractivity contribution < 1.29 is 14.3 Å². The number of fused-ring (bicyclic) bond motifs is 1. The lowest BCUT2D eigenvalue weighted by atomic mass is 10.0. The molecule has 0 radical (unpaired) electrons. The van der Waals surface area contributed by atoms with E-state index in [1.165, 1.54) is 0 Å². The number of anilines is 1. The van der Waals surface area contributed by atoms with E-state index in [2.05, 4.69) is 16.4 Å². The van der Waals surface area contributed by atoms with Gasteiger partial charge in [-0.05, 0) is 58.7 Å². The van der Waals surface area contributed by atoms with Crippen LogP contribution in [0.1, 0.15) is 52.3 Å². The largest absolute Gasteiger partial charge is 0.459 e. The summed E-state index contributed by atoms with van der Waals surface area (Å²) in [7, 11) is 0. The van der Waals surface area contributed by atoms with Crippen LogP contribution < -0.4 is 10.9 Å². The number of hydrogen-bond donors (Lipinski definition) is 1. The molecule has 31 heavy (non-hydrogen) atoms. The number of nitrogens with one attached hydrogen (secondary N) is 1. The molecule has 2 aromatic heterocycles. The van der Waals surface area contributed by atoms with Crippen LogP contribution in [0.4, 0.5) is 5.13 Å². The van der Waals surface area contributed by atoms with Gasteiger partial charge in [0.2, 0.25) is 5.91 Å². The summed E-state index contributed by atoms with van der Waals surface area (Å²) in [6, 6.07) is 5.70. The Morgan fingerprint density at radius 1 is 1.13 bits per heavy atom. The smallest absolute Gasteiger partial charge is 0.350 e. The molecule has 3 aromatic rings. The van der Waals surface area contributed by atoms with E-state index >= 15 is 0 Å².